The summed E-state index contributed by atoms with van der Waals surface area (Å²) < 4.78 is 0. The first-order chi connectivity index (χ1) is 4.79. The summed E-state index contributed by atoms with van der Waals surface area (Å²) in [5.41, 5.74) is 2.59. The van der Waals surface area contributed by atoms with Crippen molar-refractivity contribution in [2.45, 2.75) is 13.8 Å². The second-order valence-corrected chi connectivity index (χ2v) is 2.54. The van der Waals surface area contributed by atoms with Gasteiger partial charge < -0.3 is 0 Å². The first-order valence-electron chi connectivity index (χ1n) is 3.49. The predicted octanol–water partition coefficient (Wildman–Crippen LogP) is 3.01. The highest BCUT2D eigenvalue weighted by Crippen LogP contribution is 2.04. The molecule has 0 bridgehead atoms. The minimum atomic E-state index is 1.30. The first kappa shape index (κ1) is 7.07. The SMILES string of the molecule is CC1=C/C=C\C=C(C)/C=C\1. The second kappa shape index (κ2) is 3.21. The van der Waals surface area contributed by atoms with E-state index in [-0.39, 0.29) is 0 Å². The molecule has 0 fully saturated rings. The van der Waals surface area contributed by atoms with Gasteiger partial charge in [0.25, 0.3) is 0 Å². The highest BCUT2D eigenvalue weighted by atomic mass is 13.9. The highest BCUT2D eigenvalue weighted by molar-refractivity contribution is 5.33. The standard InChI is InChI=1S/C10H12/c1-9-5-3-4-6-10(2)8-7-9/h3-8H,1-2H3/b4-3-,5-3?,6-4?,8-7-,9-5-,9-7?,10-6-,10-8?. The molecule has 0 N–H and O–H groups in total. The van der Waals surface area contributed by atoms with Crippen LogP contribution < -0.4 is 0 Å². The largest absolute Gasteiger partial charge is 0.0620 e. The first-order valence-corrected chi connectivity index (χ1v) is 3.49. The van der Waals surface area contributed by atoms with Crippen molar-refractivity contribution >= 4 is 0 Å². The van der Waals surface area contributed by atoms with Crippen LogP contribution in [0.1, 0.15) is 13.8 Å². The smallest absolute Gasteiger partial charge is 0.0398 e. The van der Waals surface area contributed by atoms with Gasteiger partial charge in [0.2, 0.25) is 0 Å². The van der Waals surface area contributed by atoms with Gasteiger partial charge in [-0.1, -0.05) is 47.6 Å². The average molecular weight is 132 g/mol. The fourth-order valence-corrected chi connectivity index (χ4v) is 0.789. The van der Waals surface area contributed by atoms with Gasteiger partial charge in [-0.15, -0.1) is 0 Å². The van der Waals surface area contributed by atoms with E-state index in [9.17, 15) is 0 Å². The van der Waals surface area contributed by atoms with Gasteiger partial charge in [-0.25, -0.2) is 0 Å². The Hall–Kier alpha value is -1.04. The monoisotopic (exact) mass is 132 g/mol. The van der Waals surface area contributed by atoms with E-state index >= 15 is 0 Å². The number of hydrogen-bond acceptors (Lipinski definition) is 0. The van der Waals surface area contributed by atoms with Crippen LogP contribution in [-0.4, -0.2) is 0 Å². The lowest BCUT2D eigenvalue weighted by atomic mass is 10.1. The van der Waals surface area contributed by atoms with Crippen molar-refractivity contribution in [1.29, 1.82) is 0 Å². The quantitative estimate of drug-likeness (QED) is 0.475. The van der Waals surface area contributed by atoms with E-state index in [0.29, 0.717) is 0 Å². The molecule has 1 aliphatic carbocycles. The number of hydrogen-bond donors (Lipinski definition) is 0. The third-order valence-electron chi connectivity index (χ3n) is 1.44. The van der Waals surface area contributed by atoms with Crippen LogP contribution in [0.5, 0.6) is 0 Å². The Morgan fingerprint density at radius 1 is 0.800 bits per heavy atom. The van der Waals surface area contributed by atoms with Crippen molar-refractivity contribution in [3.05, 3.63) is 47.6 Å². The van der Waals surface area contributed by atoms with Crippen LogP contribution in [0.15, 0.2) is 47.6 Å². The second-order valence-electron chi connectivity index (χ2n) is 2.54. The van der Waals surface area contributed by atoms with Crippen LogP contribution in [0.2, 0.25) is 0 Å². The van der Waals surface area contributed by atoms with Crippen molar-refractivity contribution in [3.8, 4) is 0 Å². The molecule has 0 nitrogen and oxygen atoms in total. The molecule has 0 saturated heterocycles. The molecule has 0 aromatic carbocycles. The summed E-state index contributed by atoms with van der Waals surface area (Å²) in [6.07, 6.45) is 12.5. The maximum Gasteiger partial charge on any atom is -0.0398 e. The van der Waals surface area contributed by atoms with Crippen molar-refractivity contribution in [1.82, 2.24) is 0 Å². The van der Waals surface area contributed by atoms with Gasteiger partial charge in [-0.2, -0.15) is 0 Å². The summed E-state index contributed by atoms with van der Waals surface area (Å²) in [5, 5.41) is 0. The topological polar surface area (TPSA) is 0 Å². The van der Waals surface area contributed by atoms with Crippen LogP contribution >= 0.6 is 0 Å². The Morgan fingerprint density at radius 2 is 1.20 bits per heavy atom. The van der Waals surface area contributed by atoms with E-state index in [4.69, 9.17) is 0 Å². The van der Waals surface area contributed by atoms with Crippen molar-refractivity contribution in [3.63, 3.8) is 0 Å². The maximum absolute atomic E-state index is 2.12. The lowest BCUT2D eigenvalue weighted by Crippen LogP contribution is -1.72. The Balaban J connectivity index is 2.85. The maximum atomic E-state index is 2.12. The van der Waals surface area contributed by atoms with Gasteiger partial charge in [-0.3, -0.25) is 0 Å². The molecule has 0 heteroatoms. The van der Waals surface area contributed by atoms with Crippen molar-refractivity contribution < 1.29 is 0 Å². The van der Waals surface area contributed by atoms with Gasteiger partial charge in [-0.05, 0) is 13.8 Å². The lowest BCUT2D eigenvalue weighted by molar-refractivity contribution is 1.45. The molecule has 0 amide bonds. The molecule has 1 aliphatic rings. The molecule has 1 rings (SSSR count). The molecule has 0 aromatic rings. The van der Waals surface area contributed by atoms with Crippen molar-refractivity contribution in [2.24, 2.45) is 0 Å². The summed E-state index contributed by atoms with van der Waals surface area (Å²) in [6, 6.07) is 0. The molecule has 0 radical (unpaired) electrons. The van der Waals surface area contributed by atoms with Crippen LogP contribution in [0, 0.1) is 0 Å². The minimum absolute atomic E-state index is 1.30. The van der Waals surface area contributed by atoms with E-state index < -0.39 is 0 Å². The zero-order valence-electron chi connectivity index (χ0n) is 6.46. The molecule has 0 saturated carbocycles. The van der Waals surface area contributed by atoms with Crippen LogP contribution in [0.4, 0.5) is 0 Å². The molecule has 0 heterocycles. The average Bonchev–Trinajstić information content (AvgIpc) is 1.90. The van der Waals surface area contributed by atoms with Crippen LogP contribution in [-0.2, 0) is 0 Å². The summed E-state index contributed by atoms with van der Waals surface area (Å²) in [5.74, 6) is 0. The molecule has 10 heavy (non-hydrogen) atoms. The lowest BCUT2D eigenvalue weighted by Gasteiger charge is -1.93. The Kier molecular flexibility index (Phi) is 2.27. The third kappa shape index (κ3) is 2.06. The normalized spacial score (nSPS) is 34.2. The van der Waals surface area contributed by atoms with E-state index in [0.717, 1.165) is 0 Å². The van der Waals surface area contributed by atoms with Crippen molar-refractivity contribution in [2.75, 3.05) is 0 Å². The molecule has 0 unspecified atom stereocenters. The summed E-state index contributed by atoms with van der Waals surface area (Å²) in [7, 11) is 0. The molecular weight excluding hydrogens is 120 g/mol. The summed E-state index contributed by atoms with van der Waals surface area (Å²) in [6.45, 7) is 4.19. The van der Waals surface area contributed by atoms with Gasteiger partial charge >= 0.3 is 0 Å². The summed E-state index contributed by atoms with van der Waals surface area (Å²) >= 11 is 0. The highest BCUT2D eigenvalue weighted by Gasteiger charge is 1.83. The molecule has 0 spiro atoms. The van der Waals surface area contributed by atoms with E-state index in [1.54, 1.807) is 0 Å². The van der Waals surface area contributed by atoms with Gasteiger partial charge in [0.15, 0.2) is 0 Å². The van der Waals surface area contributed by atoms with Gasteiger partial charge in [0.1, 0.15) is 0 Å². The molecule has 0 atom stereocenters. The fourth-order valence-electron chi connectivity index (χ4n) is 0.789. The van der Waals surface area contributed by atoms with Gasteiger partial charge in [0, 0.05) is 0 Å². The van der Waals surface area contributed by atoms with Gasteiger partial charge in [0.05, 0.1) is 0 Å². The predicted molar refractivity (Wildman–Crippen MR) is 45.8 cm³/mol. The minimum Gasteiger partial charge on any atom is -0.0620 e. The van der Waals surface area contributed by atoms with E-state index in [1.807, 2.05) is 0 Å². The number of allylic oxidation sites excluding steroid dienone is 8. The van der Waals surface area contributed by atoms with Crippen LogP contribution in [0.3, 0.4) is 0 Å². The summed E-state index contributed by atoms with van der Waals surface area (Å²) in [4.78, 5) is 0. The Morgan fingerprint density at radius 3 is 1.60 bits per heavy atom. The molecular formula is C10H12. The molecule has 0 aromatic heterocycles. The fraction of sp³-hybridized carbons (Fsp3) is 0.200. The Labute approximate surface area is 62.3 Å². The third-order valence-corrected chi connectivity index (χ3v) is 1.44. The zero-order valence-corrected chi connectivity index (χ0v) is 6.46. The van der Waals surface area contributed by atoms with Crippen LogP contribution in [0.25, 0.3) is 0 Å². The Bertz CT molecular complexity index is 200. The van der Waals surface area contributed by atoms with E-state index in [2.05, 4.69) is 50.3 Å². The van der Waals surface area contributed by atoms with E-state index in [1.165, 1.54) is 11.1 Å². The number of rotatable bonds is 0. The zero-order chi connectivity index (χ0) is 7.40. The molecule has 52 valence electrons. The molecule has 0 aliphatic heterocycles.